The van der Waals surface area contributed by atoms with E-state index in [-0.39, 0.29) is 12.1 Å². The molecular formula is C10H8F3N5O3. The van der Waals surface area contributed by atoms with E-state index >= 15 is 0 Å². The minimum atomic E-state index is -5.26. The lowest BCUT2D eigenvalue weighted by Crippen LogP contribution is -2.39. The highest BCUT2D eigenvalue weighted by atomic mass is 19.4. The number of H-pyrrole nitrogens is 1. The highest BCUT2D eigenvalue weighted by Gasteiger charge is 2.43. The number of carbonyl (C=O) groups is 2. The second-order valence-corrected chi connectivity index (χ2v) is 3.94. The smallest absolute Gasteiger partial charge is 0.385 e. The second-order valence-electron chi connectivity index (χ2n) is 3.94. The molecule has 0 aliphatic rings. The summed E-state index contributed by atoms with van der Waals surface area (Å²) in [7, 11) is 0. The summed E-state index contributed by atoms with van der Waals surface area (Å²) < 4.78 is 39.5. The number of nitrogens with zero attached hydrogens (tertiary/aromatic N) is 3. The lowest BCUT2D eigenvalue weighted by molar-refractivity contribution is -0.202. The molecule has 3 N–H and O–H groups in total. The monoisotopic (exact) mass is 303 g/mol. The van der Waals surface area contributed by atoms with Crippen LogP contribution < -0.4 is 5.73 Å². The van der Waals surface area contributed by atoms with Gasteiger partial charge in [-0.25, -0.2) is 24.5 Å². The van der Waals surface area contributed by atoms with Crippen molar-refractivity contribution in [1.82, 2.24) is 19.9 Å². The zero-order chi connectivity index (χ0) is 15.6. The molecule has 0 saturated carbocycles. The van der Waals surface area contributed by atoms with Crippen molar-refractivity contribution in [1.29, 1.82) is 0 Å². The number of esters is 2. The number of hydrogen-bond donors (Lipinski definition) is 2. The Morgan fingerprint density at radius 1 is 1.33 bits per heavy atom. The molecule has 0 unspecified atom stereocenters. The number of imidazole rings is 1. The molecule has 0 amide bonds. The van der Waals surface area contributed by atoms with Gasteiger partial charge in [0, 0.05) is 6.42 Å². The van der Waals surface area contributed by atoms with Crippen molar-refractivity contribution < 1.29 is 27.5 Å². The molecule has 8 nitrogen and oxygen atoms in total. The van der Waals surface area contributed by atoms with Crippen molar-refractivity contribution in [2.45, 2.75) is 18.6 Å². The number of hydrogen-bond acceptors (Lipinski definition) is 7. The fourth-order valence-corrected chi connectivity index (χ4v) is 1.48. The van der Waals surface area contributed by atoms with E-state index < -0.39 is 24.2 Å². The molecule has 11 heteroatoms. The first-order valence-electron chi connectivity index (χ1n) is 5.50. The molecule has 0 bridgehead atoms. The Bertz CT molecular complexity index is 684. The molecule has 2 rings (SSSR count). The molecule has 0 aliphatic heterocycles. The van der Waals surface area contributed by atoms with E-state index in [0.717, 1.165) is 0 Å². The predicted octanol–water partition coefficient (Wildman–Crippen LogP) is -0.145. The molecule has 0 aromatic carbocycles. The minimum Gasteiger partial charge on any atom is -0.385 e. The van der Waals surface area contributed by atoms with Crippen molar-refractivity contribution in [2.24, 2.45) is 5.73 Å². The summed E-state index contributed by atoms with van der Waals surface area (Å²) in [5.41, 5.74) is 6.35. The summed E-state index contributed by atoms with van der Waals surface area (Å²) in [6.07, 6.45) is -3.01. The molecule has 112 valence electrons. The predicted molar refractivity (Wildman–Crippen MR) is 60.5 cm³/mol. The Morgan fingerprint density at radius 2 is 2.05 bits per heavy atom. The first-order chi connectivity index (χ1) is 9.79. The van der Waals surface area contributed by atoms with Gasteiger partial charge in [-0.05, 0) is 0 Å². The average molecular weight is 303 g/mol. The number of nitrogens with one attached hydrogen (secondary N) is 1. The highest BCUT2D eigenvalue weighted by Crippen LogP contribution is 2.17. The number of fused-ring (bicyclic) bond motifs is 1. The zero-order valence-corrected chi connectivity index (χ0v) is 10.2. The fourth-order valence-electron chi connectivity index (χ4n) is 1.48. The van der Waals surface area contributed by atoms with Gasteiger partial charge in [0.25, 0.3) is 0 Å². The molecule has 2 aromatic rings. The lowest BCUT2D eigenvalue weighted by Gasteiger charge is -2.11. The van der Waals surface area contributed by atoms with Gasteiger partial charge in [0.2, 0.25) is 0 Å². The van der Waals surface area contributed by atoms with Crippen LogP contribution in [-0.2, 0) is 20.7 Å². The van der Waals surface area contributed by atoms with E-state index in [0.29, 0.717) is 11.2 Å². The van der Waals surface area contributed by atoms with Crippen LogP contribution in [0.25, 0.3) is 11.2 Å². The topological polar surface area (TPSA) is 124 Å². The van der Waals surface area contributed by atoms with Crippen LogP contribution >= 0.6 is 0 Å². The van der Waals surface area contributed by atoms with E-state index in [9.17, 15) is 22.8 Å². The van der Waals surface area contributed by atoms with Crippen molar-refractivity contribution in [3.63, 3.8) is 0 Å². The standard InChI is InChI=1S/C10H8F3N5O3/c11-10(12,13)9(20)21-8(19)4(14)1-5-6-7(17-2-15-5)18-3-16-6/h2-4H,1,14H2,(H,15,16,17,18)/t4-/m0/s1. The number of carbonyl (C=O) groups excluding carboxylic acids is 2. The van der Waals surface area contributed by atoms with Crippen molar-refractivity contribution in [3.8, 4) is 0 Å². The summed E-state index contributed by atoms with van der Waals surface area (Å²) >= 11 is 0. The molecule has 2 aromatic heterocycles. The van der Waals surface area contributed by atoms with Crippen LogP contribution in [0.4, 0.5) is 13.2 Å². The normalized spacial score (nSPS) is 13.1. The van der Waals surface area contributed by atoms with E-state index in [2.05, 4.69) is 24.7 Å². The molecule has 0 fully saturated rings. The SMILES string of the molecule is N[C@@H](Cc1ncnc2[nH]cnc12)C(=O)OC(=O)C(F)(F)F. The second kappa shape index (κ2) is 5.44. The van der Waals surface area contributed by atoms with Crippen LogP contribution in [0, 0.1) is 0 Å². The molecule has 0 saturated heterocycles. The maximum Gasteiger partial charge on any atom is 0.491 e. The minimum absolute atomic E-state index is 0.241. The Hall–Kier alpha value is -2.56. The summed E-state index contributed by atoms with van der Waals surface area (Å²) in [6.45, 7) is 0. The maximum atomic E-state index is 12.0. The Labute approximate surface area is 114 Å². The van der Waals surface area contributed by atoms with Gasteiger partial charge in [-0.2, -0.15) is 13.2 Å². The molecule has 21 heavy (non-hydrogen) atoms. The summed E-state index contributed by atoms with van der Waals surface area (Å²) in [5, 5.41) is 0. The third-order valence-electron chi connectivity index (χ3n) is 2.43. The van der Waals surface area contributed by atoms with Gasteiger partial charge in [0.1, 0.15) is 17.9 Å². The van der Waals surface area contributed by atoms with Gasteiger partial charge >= 0.3 is 18.1 Å². The third-order valence-corrected chi connectivity index (χ3v) is 2.43. The van der Waals surface area contributed by atoms with Gasteiger partial charge in [0.05, 0.1) is 12.0 Å². The number of ether oxygens (including phenoxy) is 1. The Morgan fingerprint density at radius 3 is 2.71 bits per heavy atom. The van der Waals surface area contributed by atoms with Gasteiger partial charge < -0.3 is 15.5 Å². The molecule has 0 radical (unpaired) electrons. The van der Waals surface area contributed by atoms with Gasteiger partial charge in [-0.1, -0.05) is 0 Å². The number of alkyl halides is 3. The Kier molecular flexibility index (Phi) is 3.84. The van der Waals surface area contributed by atoms with Crippen molar-refractivity contribution in [3.05, 3.63) is 18.3 Å². The lowest BCUT2D eigenvalue weighted by atomic mass is 10.1. The van der Waals surface area contributed by atoms with Crippen LogP contribution in [0.15, 0.2) is 12.7 Å². The van der Waals surface area contributed by atoms with E-state index in [1.54, 1.807) is 0 Å². The highest BCUT2D eigenvalue weighted by molar-refractivity contribution is 5.91. The van der Waals surface area contributed by atoms with Crippen molar-refractivity contribution in [2.75, 3.05) is 0 Å². The number of rotatable bonds is 3. The molecular weight excluding hydrogens is 295 g/mol. The third kappa shape index (κ3) is 3.31. The summed E-state index contributed by atoms with van der Waals surface area (Å²) in [6, 6.07) is -1.49. The quantitative estimate of drug-likeness (QED) is 0.597. The van der Waals surface area contributed by atoms with Gasteiger partial charge in [-0.3, -0.25) is 0 Å². The number of aromatic amines is 1. The zero-order valence-electron chi connectivity index (χ0n) is 10.2. The van der Waals surface area contributed by atoms with Crippen LogP contribution in [0.2, 0.25) is 0 Å². The fraction of sp³-hybridized carbons (Fsp3) is 0.300. The molecule has 1 atom stereocenters. The van der Waals surface area contributed by atoms with Crippen LogP contribution in [0.3, 0.4) is 0 Å². The van der Waals surface area contributed by atoms with Crippen molar-refractivity contribution >= 4 is 23.1 Å². The first-order valence-corrected chi connectivity index (χ1v) is 5.50. The largest absolute Gasteiger partial charge is 0.491 e. The molecule has 0 aliphatic carbocycles. The Balaban J connectivity index is 2.07. The van der Waals surface area contributed by atoms with Crippen LogP contribution in [0.1, 0.15) is 5.69 Å². The van der Waals surface area contributed by atoms with Gasteiger partial charge in [0.15, 0.2) is 5.65 Å². The molecule has 0 spiro atoms. The van der Waals surface area contributed by atoms with E-state index in [4.69, 9.17) is 5.73 Å². The van der Waals surface area contributed by atoms with E-state index in [1.807, 2.05) is 0 Å². The van der Waals surface area contributed by atoms with E-state index in [1.165, 1.54) is 12.7 Å². The number of nitrogens with two attached hydrogens (primary N) is 1. The number of halogens is 3. The maximum absolute atomic E-state index is 12.0. The summed E-state index contributed by atoms with van der Waals surface area (Å²) in [4.78, 5) is 36.2. The summed E-state index contributed by atoms with van der Waals surface area (Å²) in [5.74, 6) is -4.12. The van der Waals surface area contributed by atoms with Crippen LogP contribution in [-0.4, -0.2) is 44.1 Å². The number of aromatic nitrogens is 4. The van der Waals surface area contributed by atoms with Crippen LogP contribution in [0.5, 0.6) is 0 Å². The average Bonchev–Trinajstić information content (AvgIpc) is 2.86. The first kappa shape index (κ1) is 14.8. The van der Waals surface area contributed by atoms with Gasteiger partial charge in [-0.15, -0.1) is 0 Å². The molecule has 2 heterocycles.